The maximum Gasteiger partial charge on any atom is 0.0771 e. The first-order chi connectivity index (χ1) is 10.1. The molecule has 0 amide bonds. The highest BCUT2D eigenvalue weighted by atomic mass is 16.5. The summed E-state index contributed by atoms with van der Waals surface area (Å²) in [5.74, 6) is 0.660. The van der Waals surface area contributed by atoms with Crippen LogP contribution in [0.25, 0.3) is 0 Å². The first-order valence-electron chi connectivity index (χ1n) is 8.22. The van der Waals surface area contributed by atoms with Crippen molar-refractivity contribution in [2.45, 2.75) is 57.8 Å². The molecule has 2 aliphatic heterocycles. The molecule has 2 aliphatic rings. The van der Waals surface area contributed by atoms with Crippen LogP contribution in [0.3, 0.4) is 0 Å². The summed E-state index contributed by atoms with van der Waals surface area (Å²) in [7, 11) is 2.22. The van der Waals surface area contributed by atoms with Gasteiger partial charge in [0, 0.05) is 31.4 Å². The average molecular weight is 292 g/mol. The first-order valence-corrected chi connectivity index (χ1v) is 8.22. The van der Waals surface area contributed by atoms with E-state index in [0.717, 1.165) is 31.8 Å². The molecular formula is C16H28N4O. The number of anilines is 1. The molecule has 0 spiro atoms. The van der Waals surface area contributed by atoms with Gasteiger partial charge in [0.2, 0.25) is 0 Å². The van der Waals surface area contributed by atoms with E-state index in [1.165, 1.54) is 12.8 Å². The van der Waals surface area contributed by atoms with Crippen LogP contribution in [0, 0.1) is 5.92 Å². The van der Waals surface area contributed by atoms with Crippen molar-refractivity contribution in [3.8, 4) is 0 Å². The van der Waals surface area contributed by atoms with E-state index < -0.39 is 0 Å². The number of hydrogen-bond donors (Lipinski definition) is 1. The van der Waals surface area contributed by atoms with Gasteiger partial charge in [-0.1, -0.05) is 6.92 Å². The van der Waals surface area contributed by atoms with Crippen LogP contribution in [0.15, 0.2) is 12.4 Å². The fraction of sp³-hybridized carbons (Fsp3) is 0.812. The monoisotopic (exact) mass is 292 g/mol. The maximum atomic E-state index is 5.67. The zero-order valence-corrected chi connectivity index (χ0v) is 13.5. The molecule has 0 aliphatic carbocycles. The minimum Gasteiger partial charge on any atom is -0.379 e. The van der Waals surface area contributed by atoms with E-state index in [1.54, 1.807) is 0 Å². The molecule has 3 heterocycles. The third-order valence-corrected chi connectivity index (χ3v) is 5.01. The molecule has 3 rings (SSSR count). The van der Waals surface area contributed by atoms with Crippen LogP contribution in [-0.2, 0) is 11.3 Å². The second kappa shape index (κ2) is 6.36. The standard InChI is InChI=1S/C16H28N4O/c1-12-9-19(3)13(2)7-16(12)18-14-8-17-20(10-14)11-15-5-4-6-21-15/h8,10,12-13,15-16,18H,4-7,9,11H2,1-3H3. The van der Waals surface area contributed by atoms with Crippen molar-refractivity contribution in [3.63, 3.8) is 0 Å². The van der Waals surface area contributed by atoms with E-state index >= 15 is 0 Å². The molecule has 1 aromatic rings. The van der Waals surface area contributed by atoms with Gasteiger partial charge >= 0.3 is 0 Å². The zero-order chi connectivity index (χ0) is 14.8. The summed E-state index contributed by atoms with van der Waals surface area (Å²) in [6.45, 7) is 7.57. The fourth-order valence-corrected chi connectivity index (χ4v) is 3.49. The van der Waals surface area contributed by atoms with Crippen LogP contribution in [0.5, 0.6) is 0 Å². The van der Waals surface area contributed by atoms with Crippen molar-refractivity contribution in [1.82, 2.24) is 14.7 Å². The molecule has 0 saturated carbocycles. The van der Waals surface area contributed by atoms with E-state index in [1.807, 2.05) is 10.9 Å². The molecule has 118 valence electrons. The predicted octanol–water partition coefficient (Wildman–Crippen LogP) is 2.20. The highest BCUT2D eigenvalue weighted by molar-refractivity contribution is 5.39. The highest BCUT2D eigenvalue weighted by Gasteiger charge is 2.29. The molecule has 0 aromatic carbocycles. The van der Waals surface area contributed by atoms with Crippen LogP contribution in [0.1, 0.15) is 33.1 Å². The molecule has 0 radical (unpaired) electrons. The Morgan fingerprint density at radius 2 is 2.29 bits per heavy atom. The Labute approximate surface area is 127 Å². The molecule has 2 saturated heterocycles. The third kappa shape index (κ3) is 3.58. The summed E-state index contributed by atoms with van der Waals surface area (Å²) in [4.78, 5) is 2.45. The second-order valence-corrected chi connectivity index (χ2v) is 6.84. The van der Waals surface area contributed by atoms with E-state index in [2.05, 4.69) is 42.4 Å². The Morgan fingerprint density at radius 1 is 1.43 bits per heavy atom. The molecule has 4 unspecified atom stereocenters. The lowest BCUT2D eigenvalue weighted by molar-refractivity contribution is 0.0940. The van der Waals surface area contributed by atoms with Gasteiger partial charge in [0.1, 0.15) is 0 Å². The minimum absolute atomic E-state index is 0.347. The van der Waals surface area contributed by atoms with Crippen molar-refractivity contribution < 1.29 is 4.74 Å². The summed E-state index contributed by atoms with van der Waals surface area (Å²) in [6, 6.07) is 1.18. The summed E-state index contributed by atoms with van der Waals surface area (Å²) in [6.07, 6.45) is 7.95. The Hall–Kier alpha value is -1.07. The number of ether oxygens (including phenoxy) is 1. The van der Waals surface area contributed by atoms with Crippen LogP contribution in [-0.4, -0.2) is 53.1 Å². The topological polar surface area (TPSA) is 42.3 Å². The fourth-order valence-electron chi connectivity index (χ4n) is 3.49. The first kappa shape index (κ1) is 14.9. The van der Waals surface area contributed by atoms with Gasteiger partial charge in [-0.2, -0.15) is 5.10 Å². The smallest absolute Gasteiger partial charge is 0.0771 e. The van der Waals surface area contributed by atoms with Gasteiger partial charge in [0.25, 0.3) is 0 Å². The molecule has 0 bridgehead atoms. The van der Waals surface area contributed by atoms with Gasteiger partial charge in [-0.05, 0) is 39.2 Å². The number of rotatable bonds is 4. The number of likely N-dealkylation sites (tertiary alicyclic amines) is 1. The van der Waals surface area contributed by atoms with Crippen LogP contribution in [0.2, 0.25) is 0 Å². The molecule has 4 atom stereocenters. The van der Waals surface area contributed by atoms with Gasteiger partial charge in [-0.25, -0.2) is 0 Å². The lowest BCUT2D eigenvalue weighted by atomic mass is 9.90. The molecule has 21 heavy (non-hydrogen) atoms. The third-order valence-electron chi connectivity index (χ3n) is 5.01. The molecular weight excluding hydrogens is 264 g/mol. The van der Waals surface area contributed by atoms with Gasteiger partial charge in [-0.3, -0.25) is 4.68 Å². The summed E-state index contributed by atoms with van der Waals surface area (Å²) in [5.41, 5.74) is 1.14. The number of nitrogens with zero attached hydrogens (tertiary/aromatic N) is 3. The normalized spacial score (nSPS) is 34.2. The van der Waals surface area contributed by atoms with Crippen LogP contribution in [0.4, 0.5) is 5.69 Å². The molecule has 5 nitrogen and oxygen atoms in total. The van der Waals surface area contributed by atoms with E-state index in [-0.39, 0.29) is 0 Å². The van der Waals surface area contributed by atoms with Gasteiger partial charge in [0.15, 0.2) is 0 Å². The Morgan fingerprint density at radius 3 is 3.05 bits per heavy atom. The zero-order valence-electron chi connectivity index (χ0n) is 13.5. The van der Waals surface area contributed by atoms with Crippen molar-refractivity contribution in [3.05, 3.63) is 12.4 Å². The quantitative estimate of drug-likeness (QED) is 0.924. The average Bonchev–Trinajstić information content (AvgIpc) is 3.09. The van der Waals surface area contributed by atoms with Crippen LogP contribution < -0.4 is 5.32 Å². The molecule has 5 heteroatoms. The molecule has 1 N–H and O–H groups in total. The van der Waals surface area contributed by atoms with Crippen molar-refractivity contribution in [1.29, 1.82) is 0 Å². The van der Waals surface area contributed by atoms with Crippen LogP contribution >= 0.6 is 0 Å². The van der Waals surface area contributed by atoms with Gasteiger partial charge in [0.05, 0.1) is 24.5 Å². The Bertz CT molecular complexity index is 455. The SMILES string of the molecule is CC1CN(C)C(C)CC1Nc1cnn(CC2CCCO2)c1. The molecule has 1 aromatic heterocycles. The lowest BCUT2D eigenvalue weighted by Crippen LogP contribution is -2.48. The minimum atomic E-state index is 0.347. The summed E-state index contributed by atoms with van der Waals surface area (Å²) < 4.78 is 7.69. The van der Waals surface area contributed by atoms with Crippen molar-refractivity contribution >= 4 is 5.69 Å². The number of piperidine rings is 1. The summed E-state index contributed by atoms with van der Waals surface area (Å²) in [5, 5.41) is 8.14. The maximum absolute atomic E-state index is 5.67. The van der Waals surface area contributed by atoms with Crippen molar-refractivity contribution in [2.75, 3.05) is 25.5 Å². The number of aromatic nitrogens is 2. The lowest BCUT2D eigenvalue weighted by Gasteiger charge is -2.40. The number of hydrogen-bond acceptors (Lipinski definition) is 4. The van der Waals surface area contributed by atoms with E-state index in [4.69, 9.17) is 4.74 Å². The molecule has 2 fully saturated rings. The predicted molar refractivity (Wildman–Crippen MR) is 84.5 cm³/mol. The Kier molecular flexibility index (Phi) is 4.50. The highest BCUT2D eigenvalue weighted by Crippen LogP contribution is 2.24. The summed E-state index contributed by atoms with van der Waals surface area (Å²) >= 11 is 0. The van der Waals surface area contributed by atoms with Gasteiger partial charge < -0.3 is 15.0 Å². The second-order valence-electron chi connectivity index (χ2n) is 6.84. The largest absolute Gasteiger partial charge is 0.379 e. The van der Waals surface area contributed by atoms with E-state index in [9.17, 15) is 0 Å². The van der Waals surface area contributed by atoms with Crippen molar-refractivity contribution in [2.24, 2.45) is 5.92 Å². The Balaban J connectivity index is 1.56. The number of nitrogens with one attached hydrogen (secondary N) is 1. The van der Waals surface area contributed by atoms with Gasteiger partial charge in [-0.15, -0.1) is 0 Å². The van der Waals surface area contributed by atoms with E-state index in [0.29, 0.717) is 24.1 Å².